The van der Waals surface area contributed by atoms with Crippen LogP contribution in [0.25, 0.3) is 0 Å². The van der Waals surface area contributed by atoms with Crippen molar-refractivity contribution in [1.82, 2.24) is 15.5 Å². The molecule has 0 saturated carbocycles. The van der Waals surface area contributed by atoms with E-state index in [4.69, 9.17) is 14.2 Å². The first-order valence-electron chi connectivity index (χ1n) is 9.23. The van der Waals surface area contributed by atoms with Gasteiger partial charge in [0.2, 0.25) is 0 Å². The number of guanidine groups is 1. The second-order valence-corrected chi connectivity index (χ2v) is 7.13. The van der Waals surface area contributed by atoms with Crippen molar-refractivity contribution in [2.45, 2.75) is 32.4 Å². The van der Waals surface area contributed by atoms with Crippen LogP contribution >= 0.6 is 24.0 Å². The number of halogens is 1. The molecule has 1 unspecified atom stereocenters. The molecule has 1 aromatic carbocycles. The van der Waals surface area contributed by atoms with Crippen molar-refractivity contribution >= 4 is 29.9 Å². The fourth-order valence-electron chi connectivity index (χ4n) is 2.53. The minimum absolute atomic E-state index is 0. The summed E-state index contributed by atoms with van der Waals surface area (Å²) in [6.45, 7) is 8.15. The Morgan fingerprint density at radius 1 is 1.11 bits per heavy atom. The van der Waals surface area contributed by atoms with Gasteiger partial charge >= 0.3 is 0 Å². The molecule has 0 saturated heterocycles. The summed E-state index contributed by atoms with van der Waals surface area (Å²) in [5, 5.41) is 6.72. The Morgan fingerprint density at radius 3 is 2.25 bits per heavy atom. The summed E-state index contributed by atoms with van der Waals surface area (Å²) in [5.74, 6) is 2.22. The Hall–Kier alpha value is -1.26. The third-order valence-corrected chi connectivity index (χ3v) is 4.39. The van der Waals surface area contributed by atoms with Crippen molar-refractivity contribution in [3.8, 4) is 11.5 Å². The lowest BCUT2D eigenvalue weighted by atomic mass is 10.1. The maximum absolute atomic E-state index is 5.45. The zero-order valence-electron chi connectivity index (χ0n) is 18.5. The number of hydrogen-bond donors (Lipinski definition) is 2. The summed E-state index contributed by atoms with van der Waals surface area (Å²) in [5.41, 5.74) is 0.838. The van der Waals surface area contributed by atoms with Gasteiger partial charge in [-0.2, -0.15) is 0 Å². The van der Waals surface area contributed by atoms with Crippen molar-refractivity contribution in [1.29, 1.82) is 0 Å². The molecule has 0 aliphatic heterocycles. The molecule has 0 aromatic heterocycles. The van der Waals surface area contributed by atoms with Crippen LogP contribution in [0.3, 0.4) is 0 Å². The largest absolute Gasteiger partial charge is 0.493 e. The highest BCUT2D eigenvalue weighted by Crippen LogP contribution is 2.31. The van der Waals surface area contributed by atoms with Crippen LogP contribution in [0.1, 0.15) is 32.4 Å². The molecule has 0 amide bonds. The van der Waals surface area contributed by atoms with Crippen molar-refractivity contribution < 1.29 is 14.2 Å². The Kier molecular flexibility index (Phi) is 12.5. The van der Waals surface area contributed by atoms with Crippen molar-refractivity contribution in [2.24, 2.45) is 4.99 Å². The van der Waals surface area contributed by atoms with E-state index in [9.17, 15) is 0 Å². The van der Waals surface area contributed by atoms with E-state index in [1.54, 1.807) is 21.3 Å². The fraction of sp³-hybridized carbons (Fsp3) is 0.650. The monoisotopic (exact) mass is 508 g/mol. The van der Waals surface area contributed by atoms with E-state index < -0.39 is 0 Å². The summed E-state index contributed by atoms with van der Waals surface area (Å²) in [6.07, 6.45) is 0. The first kappa shape index (κ1) is 26.7. The molecule has 28 heavy (non-hydrogen) atoms. The van der Waals surface area contributed by atoms with E-state index in [1.165, 1.54) is 0 Å². The molecule has 0 aliphatic rings. The van der Waals surface area contributed by atoms with Crippen molar-refractivity contribution in [3.05, 3.63) is 23.8 Å². The van der Waals surface area contributed by atoms with E-state index in [1.807, 2.05) is 26.0 Å². The van der Waals surface area contributed by atoms with Gasteiger partial charge in [-0.1, -0.05) is 6.07 Å². The fourth-order valence-corrected chi connectivity index (χ4v) is 2.53. The molecule has 0 spiro atoms. The zero-order valence-corrected chi connectivity index (χ0v) is 20.8. The molecule has 0 aliphatic carbocycles. The lowest BCUT2D eigenvalue weighted by Gasteiger charge is -2.27. The third kappa shape index (κ3) is 8.40. The Morgan fingerprint density at radius 2 is 1.75 bits per heavy atom. The van der Waals surface area contributed by atoms with Crippen LogP contribution in [0.15, 0.2) is 23.2 Å². The van der Waals surface area contributed by atoms with Gasteiger partial charge in [-0.05, 0) is 52.6 Å². The van der Waals surface area contributed by atoms with Crippen LogP contribution in [0.4, 0.5) is 0 Å². The van der Waals surface area contributed by atoms with E-state index in [-0.39, 0.29) is 35.6 Å². The van der Waals surface area contributed by atoms with Crippen molar-refractivity contribution in [2.75, 3.05) is 55.1 Å². The zero-order chi connectivity index (χ0) is 20.4. The van der Waals surface area contributed by atoms with Gasteiger partial charge in [0.05, 0.1) is 32.4 Å². The Balaban J connectivity index is 0.00000729. The molecule has 1 atom stereocenters. The number of nitrogens with one attached hydrogen (secondary N) is 2. The van der Waals surface area contributed by atoms with E-state index >= 15 is 0 Å². The summed E-state index contributed by atoms with van der Waals surface area (Å²) in [4.78, 5) is 6.81. The van der Waals surface area contributed by atoms with E-state index in [0.29, 0.717) is 13.1 Å². The van der Waals surface area contributed by atoms with Gasteiger partial charge in [-0.15, -0.1) is 24.0 Å². The van der Waals surface area contributed by atoms with E-state index in [0.717, 1.165) is 29.6 Å². The van der Waals surface area contributed by atoms with Crippen LogP contribution in [0, 0.1) is 0 Å². The molecule has 0 bridgehead atoms. The second kappa shape index (κ2) is 13.1. The number of benzene rings is 1. The second-order valence-electron chi connectivity index (χ2n) is 7.13. The number of rotatable bonds is 10. The Bertz CT molecular complexity index is 609. The van der Waals surface area contributed by atoms with Gasteiger partial charge in [-0.25, -0.2) is 0 Å². The summed E-state index contributed by atoms with van der Waals surface area (Å²) in [6, 6.07) is 6.16. The maximum Gasteiger partial charge on any atom is 0.191 e. The quantitative estimate of drug-likeness (QED) is 0.288. The molecular weight excluding hydrogens is 471 g/mol. The minimum atomic E-state index is -0.299. The molecule has 1 aromatic rings. The van der Waals surface area contributed by atoms with Gasteiger partial charge in [-0.3, -0.25) is 4.99 Å². The van der Waals surface area contributed by atoms with Crippen LogP contribution in [0.2, 0.25) is 0 Å². The van der Waals surface area contributed by atoms with Crippen LogP contribution < -0.4 is 20.1 Å². The predicted octanol–water partition coefficient (Wildman–Crippen LogP) is 2.90. The van der Waals surface area contributed by atoms with Crippen molar-refractivity contribution in [3.63, 3.8) is 0 Å². The molecule has 8 heteroatoms. The first-order valence-corrected chi connectivity index (χ1v) is 9.23. The van der Waals surface area contributed by atoms with Crippen LogP contribution in [-0.2, 0) is 4.74 Å². The molecule has 0 fully saturated rings. The Labute approximate surface area is 187 Å². The number of ether oxygens (including phenoxy) is 3. The SMILES string of the molecule is CCNC(=NCC(C)(C)OC)NCC(c1ccc(OC)c(OC)c1)N(C)C.I. The van der Waals surface area contributed by atoms with Gasteiger partial charge < -0.3 is 29.7 Å². The highest BCUT2D eigenvalue weighted by Gasteiger charge is 2.19. The number of methoxy groups -OCH3 is 3. The number of hydrogen-bond acceptors (Lipinski definition) is 5. The standard InChI is InChI=1S/C20H36N4O3.HI/c1-9-21-19(23-14-20(2,3)27-8)22-13-16(24(4)5)15-10-11-17(25-6)18(12-15)26-7;/h10-12,16H,9,13-14H2,1-8H3,(H2,21,22,23);1H. The van der Waals surface area contributed by atoms with Gasteiger partial charge in [0, 0.05) is 20.2 Å². The number of likely N-dealkylation sites (N-methyl/N-ethyl adjacent to an activating group) is 1. The summed E-state index contributed by atoms with van der Waals surface area (Å²) < 4.78 is 16.2. The summed E-state index contributed by atoms with van der Waals surface area (Å²) in [7, 11) is 9.11. The lowest BCUT2D eigenvalue weighted by Crippen LogP contribution is -2.42. The van der Waals surface area contributed by atoms with Gasteiger partial charge in [0.15, 0.2) is 17.5 Å². The van der Waals surface area contributed by atoms with Crippen LogP contribution in [-0.4, -0.2) is 71.5 Å². The summed E-state index contributed by atoms with van der Waals surface area (Å²) >= 11 is 0. The molecule has 0 radical (unpaired) electrons. The maximum atomic E-state index is 5.45. The molecular formula is C20H37IN4O3. The molecule has 0 heterocycles. The average molecular weight is 508 g/mol. The smallest absolute Gasteiger partial charge is 0.191 e. The lowest BCUT2D eigenvalue weighted by molar-refractivity contribution is 0.0310. The average Bonchev–Trinajstić information content (AvgIpc) is 2.65. The highest BCUT2D eigenvalue weighted by atomic mass is 127. The van der Waals surface area contributed by atoms with Crippen LogP contribution in [0.5, 0.6) is 11.5 Å². The van der Waals surface area contributed by atoms with Gasteiger partial charge in [0.1, 0.15) is 0 Å². The molecule has 162 valence electrons. The first-order chi connectivity index (χ1) is 12.8. The van der Waals surface area contributed by atoms with E-state index in [2.05, 4.69) is 47.6 Å². The highest BCUT2D eigenvalue weighted by molar-refractivity contribution is 14.0. The molecule has 2 N–H and O–H groups in total. The molecule has 1 rings (SSSR count). The predicted molar refractivity (Wildman–Crippen MR) is 126 cm³/mol. The minimum Gasteiger partial charge on any atom is -0.493 e. The number of nitrogens with zero attached hydrogens (tertiary/aromatic N) is 2. The third-order valence-electron chi connectivity index (χ3n) is 4.39. The van der Waals surface area contributed by atoms with Gasteiger partial charge in [0.25, 0.3) is 0 Å². The number of aliphatic imine (C=N–C) groups is 1. The topological polar surface area (TPSA) is 67.4 Å². The normalized spacial score (nSPS) is 13.0. The molecule has 7 nitrogen and oxygen atoms in total.